The molecule has 25 heteroatoms. The second-order valence-electron chi connectivity index (χ2n) is 26.9. The smallest absolute Gasteiger partial charge is 0.246 e. The molecule has 0 bridgehead atoms. The van der Waals surface area contributed by atoms with Crippen LogP contribution in [-0.4, -0.2) is 242 Å². The van der Waals surface area contributed by atoms with Crippen LogP contribution in [0.3, 0.4) is 0 Å². The first kappa shape index (κ1) is 81.8. The molecular formula is C65H118N12O13. The van der Waals surface area contributed by atoms with Gasteiger partial charge in [-0.05, 0) is 115 Å². The number of rotatable bonds is 20. The number of hydrogen-bond acceptors (Lipinski definition) is 14. The normalized spacial score (nSPS) is 27.1. The molecule has 1 fully saturated rings. The molecule has 14 atom stereocenters. The Hall–Kier alpha value is -6.21. The summed E-state index contributed by atoms with van der Waals surface area (Å²) in [4.78, 5) is 170. The van der Waals surface area contributed by atoms with Crippen molar-refractivity contribution < 1.29 is 62.6 Å². The number of likely N-dealkylation sites (N-methyl/N-ethyl adjacent to an activating group) is 6. The molecule has 0 spiro atoms. The molecule has 1 aliphatic rings. The standard InChI is InChI=1S/C65H118N12O13/c1-25-27-29-41(13)54(78)53-59(83)69-45(26-2)61(85)72(18)46(30-28-31-66-17)56(80)71-51(42(14)35-90-24)58(82)70-50(39(9)10)64(88)73(19)47(32-36(3)4)57(81)67-43(15)55(79)68-44(16)60(84)74(20)48(33-37(5)6)62(86)75(21)49(34-38(7)8)63(87)76(22)52(40(11)12)65(89)77(53)23/h25,27,36-54,66,78H,26,28-35H2,1-24H3,(H,67,81)(H,68,79)(H,69,83)(H,70,82)(H,71,80)/b27-25+/t41-,42-,43+,44-,45+,46-,47+,48+,49+,50+,51+,52+,53+,54-/m1/s1. The number of carbonyl (C=O) groups excluding carboxylic acids is 11. The van der Waals surface area contributed by atoms with Gasteiger partial charge in [0.2, 0.25) is 65.0 Å². The molecule has 0 saturated carbocycles. The van der Waals surface area contributed by atoms with Crippen molar-refractivity contribution in [2.75, 3.05) is 69.6 Å². The van der Waals surface area contributed by atoms with Gasteiger partial charge in [0.05, 0.1) is 12.7 Å². The van der Waals surface area contributed by atoms with Crippen LogP contribution in [-0.2, 0) is 57.5 Å². The third-order valence-corrected chi connectivity index (χ3v) is 17.1. The van der Waals surface area contributed by atoms with Gasteiger partial charge in [-0.15, -0.1) is 0 Å². The summed E-state index contributed by atoms with van der Waals surface area (Å²) in [6.45, 7) is 28.2. The molecule has 1 heterocycles. The molecule has 25 nitrogen and oxygen atoms in total. The van der Waals surface area contributed by atoms with Crippen molar-refractivity contribution in [1.29, 1.82) is 0 Å². The number of aliphatic hydroxyl groups is 1. The monoisotopic (exact) mass is 1270 g/mol. The van der Waals surface area contributed by atoms with Crippen LogP contribution in [0.4, 0.5) is 0 Å². The van der Waals surface area contributed by atoms with Gasteiger partial charge in [0.25, 0.3) is 0 Å². The van der Waals surface area contributed by atoms with E-state index in [2.05, 4.69) is 31.9 Å². The molecule has 1 rings (SSSR count). The highest BCUT2D eigenvalue weighted by Crippen LogP contribution is 2.26. The Kier molecular flexibility index (Phi) is 35.1. The minimum absolute atomic E-state index is 0.00655. The van der Waals surface area contributed by atoms with Gasteiger partial charge in [-0.25, -0.2) is 0 Å². The summed E-state index contributed by atoms with van der Waals surface area (Å²) in [5, 5.41) is 29.1. The summed E-state index contributed by atoms with van der Waals surface area (Å²) < 4.78 is 5.46. The Morgan fingerprint density at radius 2 is 0.967 bits per heavy atom. The molecule has 0 aromatic heterocycles. The maximum absolute atomic E-state index is 15.3. The van der Waals surface area contributed by atoms with E-state index >= 15 is 19.2 Å². The first-order chi connectivity index (χ1) is 41.8. The van der Waals surface area contributed by atoms with Gasteiger partial charge in [0, 0.05) is 55.3 Å². The maximum atomic E-state index is 15.3. The van der Waals surface area contributed by atoms with Crippen LogP contribution < -0.4 is 31.9 Å². The first-order valence-corrected chi connectivity index (χ1v) is 32.4. The number of methoxy groups -OCH3 is 1. The van der Waals surface area contributed by atoms with Gasteiger partial charge in [0.1, 0.15) is 66.5 Å². The number of hydrogen-bond donors (Lipinski definition) is 7. The van der Waals surface area contributed by atoms with Gasteiger partial charge < -0.3 is 71.1 Å². The Bertz CT molecular complexity index is 2420. The predicted molar refractivity (Wildman–Crippen MR) is 347 cm³/mol. The number of aliphatic hydroxyl groups excluding tert-OH is 1. The molecule has 0 unspecified atom stereocenters. The minimum atomic E-state index is -1.64. The third kappa shape index (κ3) is 23.2. The van der Waals surface area contributed by atoms with E-state index in [1.807, 2.05) is 47.6 Å². The Morgan fingerprint density at radius 3 is 1.44 bits per heavy atom. The van der Waals surface area contributed by atoms with Crippen molar-refractivity contribution in [1.82, 2.24) is 61.3 Å². The van der Waals surface area contributed by atoms with Gasteiger partial charge in [0.15, 0.2) is 0 Å². The zero-order valence-corrected chi connectivity index (χ0v) is 59.0. The van der Waals surface area contributed by atoms with Crippen molar-refractivity contribution >= 4 is 65.0 Å². The molecule has 7 N–H and O–H groups in total. The molecule has 90 heavy (non-hydrogen) atoms. The lowest BCUT2D eigenvalue weighted by Gasteiger charge is -2.41. The lowest BCUT2D eigenvalue weighted by atomic mass is 9.91. The van der Waals surface area contributed by atoms with E-state index in [0.717, 1.165) is 4.90 Å². The van der Waals surface area contributed by atoms with Crippen LogP contribution in [0.5, 0.6) is 0 Å². The van der Waals surface area contributed by atoms with E-state index in [1.54, 1.807) is 68.5 Å². The number of carbonyl (C=O) groups is 11. The zero-order valence-electron chi connectivity index (χ0n) is 59.0. The van der Waals surface area contributed by atoms with Crippen molar-refractivity contribution in [2.24, 2.45) is 41.4 Å². The topological polar surface area (TPSA) is 309 Å². The molecular weight excluding hydrogens is 1160 g/mol. The number of nitrogens with one attached hydrogen (secondary N) is 6. The molecule has 0 aromatic carbocycles. The van der Waals surface area contributed by atoms with Crippen molar-refractivity contribution in [3.63, 3.8) is 0 Å². The van der Waals surface area contributed by atoms with Crippen molar-refractivity contribution in [2.45, 2.75) is 228 Å². The number of nitrogens with zero attached hydrogens (tertiary/aromatic N) is 6. The van der Waals surface area contributed by atoms with Crippen LogP contribution in [0.1, 0.15) is 156 Å². The van der Waals surface area contributed by atoms with E-state index in [0.29, 0.717) is 19.4 Å². The van der Waals surface area contributed by atoms with Gasteiger partial charge >= 0.3 is 0 Å². The van der Waals surface area contributed by atoms with E-state index in [-0.39, 0.29) is 56.5 Å². The van der Waals surface area contributed by atoms with Gasteiger partial charge in [-0.3, -0.25) is 52.7 Å². The van der Waals surface area contributed by atoms with Crippen molar-refractivity contribution in [3.05, 3.63) is 12.2 Å². The SMILES string of the molecule is C/C=C/C[C@@H](C)[C@@H](O)[C@H]1C(=O)N[C@@H](CC)C(=O)N(C)[C@H](CCCNC)C(=O)N[C@@H]([C@H](C)COC)C(=O)N[C@@H](C(C)C)C(=O)N(C)[C@@H](CC(C)C)C(=O)N[C@@H](C)C(=O)N[C@H](C)C(=O)N(C)[C@@H](CC(C)C)C(=O)N(C)[C@@H](CC(C)C)C(=O)N(C)[C@@H](C(C)C)C(=O)N1C. The fraction of sp³-hybridized carbons (Fsp3) is 0.800. The molecule has 516 valence electrons. The summed E-state index contributed by atoms with van der Waals surface area (Å²) in [5.41, 5.74) is 0. The highest BCUT2D eigenvalue weighted by Gasteiger charge is 2.46. The Morgan fingerprint density at radius 1 is 0.511 bits per heavy atom. The average Bonchev–Trinajstić information content (AvgIpc) is 0.860. The van der Waals surface area contributed by atoms with Crippen LogP contribution in [0.2, 0.25) is 0 Å². The molecule has 11 amide bonds. The largest absolute Gasteiger partial charge is 0.390 e. The van der Waals surface area contributed by atoms with Crippen molar-refractivity contribution in [3.8, 4) is 0 Å². The number of ether oxygens (including phenoxy) is 1. The second kappa shape index (κ2) is 38.6. The Balaban J connectivity index is 4.48. The fourth-order valence-electron chi connectivity index (χ4n) is 11.4. The highest BCUT2D eigenvalue weighted by atomic mass is 16.5. The third-order valence-electron chi connectivity index (χ3n) is 17.1. The van der Waals surface area contributed by atoms with Gasteiger partial charge in [-0.2, -0.15) is 0 Å². The summed E-state index contributed by atoms with van der Waals surface area (Å²) in [5.74, 6) is -10.7. The average molecular weight is 1280 g/mol. The molecule has 1 saturated heterocycles. The van der Waals surface area contributed by atoms with E-state index in [4.69, 9.17) is 4.74 Å². The van der Waals surface area contributed by atoms with Crippen LogP contribution in [0.25, 0.3) is 0 Å². The van der Waals surface area contributed by atoms with E-state index in [9.17, 15) is 38.7 Å². The Labute approximate surface area is 538 Å². The highest BCUT2D eigenvalue weighted by molar-refractivity contribution is 6.00. The molecule has 1 aliphatic heterocycles. The quantitative estimate of drug-likeness (QED) is 0.0681. The lowest BCUT2D eigenvalue weighted by molar-refractivity contribution is -0.157. The van der Waals surface area contributed by atoms with Crippen LogP contribution in [0, 0.1) is 41.4 Å². The van der Waals surface area contributed by atoms with E-state index in [1.165, 1.54) is 87.7 Å². The summed E-state index contributed by atoms with van der Waals surface area (Å²) in [6, 6.07) is -14.0. The first-order valence-electron chi connectivity index (χ1n) is 32.4. The minimum Gasteiger partial charge on any atom is -0.390 e. The summed E-state index contributed by atoms with van der Waals surface area (Å²) >= 11 is 0. The molecule has 0 aliphatic carbocycles. The number of allylic oxidation sites excluding steroid dienone is 2. The zero-order chi connectivity index (χ0) is 69.5. The molecule has 0 radical (unpaired) electrons. The fourth-order valence-corrected chi connectivity index (χ4v) is 11.4. The summed E-state index contributed by atoms with van der Waals surface area (Å²) in [6.07, 6.45) is 3.24. The predicted octanol–water partition coefficient (Wildman–Crippen LogP) is 2.53. The maximum Gasteiger partial charge on any atom is 0.246 e. The van der Waals surface area contributed by atoms with E-state index < -0.39 is 161 Å². The second-order valence-corrected chi connectivity index (χ2v) is 26.9. The number of amides is 11. The van der Waals surface area contributed by atoms with Crippen LogP contribution >= 0.6 is 0 Å². The molecule has 0 aromatic rings. The lowest BCUT2D eigenvalue weighted by Crippen LogP contribution is -2.64. The van der Waals surface area contributed by atoms with Crippen LogP contribution in [0.15, 0.2) is 12.2 Å². The summed E-state index contributed by atoms with van der Waals surface area (Å²) in [7, 11) is 11.7. The van der Waals surface area contributed by atoms with Gasteiger partial charge in [-0.1, -0.05) is 102 Å².